The molecule has 0 bridgehead atoms. The molecule has 0 fully saturated rings. The van der Waals surface area contributed by atoms with Crippen LogP contribution < -0.4 is 5.32 Å². The summed E-state index contributed by atoms with van der Waals surface area (Å²) in [7, 11) is 0. The number of fused-ring (bicyclic) bond motifs is 1. The highest BCUT2D eigenvalue weighted by molar-refractivity contribution is 6.34. The molecule has 0 unspecified atom stereocenters. The van der Waals surface area contributed by atoms with Gasteiger partial charge in [-0.05, 0) is 19.2 Å². The second kappa shape index (κ2) is 5.15. The van der Waals surface area contributed by atoms with Crippen molar-refractivity contribution in [3.63, 3.8) is 0 Å². The van der Waals surface area contributed by atoms with Crippen molar-refractivity contribution in [2.75, 3.05) is 6.54 Å². The maximum absolute atomic E-state index is 12.1. The minimum Gasteiger partial charge on any atom is -0.389 e. The van der Waals surface area contributed by atoms with Crippen LogP contribution in [0.25, 0.3) is 10.8 Å². The predicted molar refractivity (Wildman–Crippen MR) is 75.4 cm³/mol. The summed E-state index contributed by atoms with van der Waals surface area (Å²) in [6.45, 7) is 3.43. The van der Waals surface area contributed by atoms with Gasteiger partial charge in [0.15, 0.2) is 0 Å². The van der Waals surface area contributed by atoms with Gasteiger partial charge >= 0.3 is 0 Å². The van der Waals surface area contributed by atoms with E-state index >= 15 is 0 Å². The number of aliphatic hydroxyl groups is 1. The summed E-state index contributed by atoms with van der Waals surface area (Å²) >= 11 is 6.00. The molecule has 1 amide bonds. The van der Waals surface area contributed by atoms with Crippen LogP contribution in [0.4, 0.5) is 0 Å². The Labute approximate surface area is 116 Å². The first-order valence-corrected chi connectivity index (χ1v) is 6.30. The van der Waals surface area contributed by atoms with Gasteiger partial charge in [-0.2, -0.15) is 0 Å². The van der Waals surface area contributed by atoms with Gasteiger partial charge in [-0.15, -0.1) is 0 Å². The number of benzene rings is 1. The molecular weight excluding hydrogens is 264 g/mol. The largest absolute Gasteiger partial charge is 0.389 e. The third kappa shape index (κ3) is 3.22. The van der Waals surface area contributed by atoms with E-state index in [1.54, 1.807) is 13.8 Å². The van der Waals surface area contributed by atoms with Crippen molar-refractivity contribution in [2.45, 2.75) is 19.4 Å². The highest BCUT2D eigenvalue weighted by Crippen LogP contribution is 2.24. The Kier molecular flexibility index (Phi) is 3.73. The fourth-order valence-electron chi connectivity index (χ4n) is 1.73. The molecule has 100 valence electrons. The molecule has 0 aliphatic rings. The number of hydrogen-bond donors (Lipinski definition) is 2. The summed E-state index contributed by atoms with van der Waals surface area (Å²) in [5.41, 5.74) is -0.505. The Morgan fingerprint density at radius 1 is 1.37 bits per heavy atom. The summed E-state index contributed by atoms with van der Waals surface area (Å²) in [4.78, 5) is 16.1. The number of rotatable bonds is 3. The summed E-state index contributed by atoms with van der Waals surface area (Å²) in [6, 6.07) is 7.32. The van der Waals surface area contributed by atoms with Crippen LogP contribution in [0, 0.1) is 0 Å². The third-order valence-electron chi connectivity index (χ3n) is 2.67. The van der Waals surface area contributed by atoms with E-state index in [1.807, 2.05) is 24.3 Å². The number of halogens is 1. The molecule has 1 aromatic heterocycles. The van der Waals surface area contributed by atoms with E-state index in [0.717, 1.165) is 10.8 Å². The van der Waals surface area contributed by atoms with Crippen LogP contribution in [0.5, 0.6) is 0 Å². The molecule has 1 aromatic carbocycles. The molecule has 2 N–H and O–H groups in total. The Bertz CT molecular complexity index is 620. The number of hydrogen-bond acceptors (Lipinski definition) is 3. The Morgan fingerprint density at radius 2 is 2.00 bits per heavy atom. The molecule has 0 spiro atoms. The average Bonchev–Trinajstić information content (AvgIpc) is 2.36. The second-order valence-corrected chi connectivity index (χ2v) is 5.36. The maximum atomic E-state index is 12.1. The molecule has 0 saturated heterocycles. The van der Waals surface area contributed by atoms with Crippen molar-refractivity contribution < 1.29 is 9.90 Å². The van der Waals surface area contributed by atoms with E-state index in [1.165, 1.54) is 6.20 Å². The Morgan fingerprint density at radius 3 is 2.63 bits per heavy atom. The van der Waals surface area contributed by atoms with E-state index in [9.17, 15) is 9.90 Å². The van der Waals surface area contributed by atoms with Crippen LogP contribution in [0.15, 0.2) is 30.5 Å². The van der Waals surface area contributed by atoms with Crippen LogP contribution in [0.3, 0.4) is 0 Å². The van der Waals surface area contributed by atoms with Gasteiger partial charge in [-0.25, -0.2) is 4.98 Å². The summed E-state index contributed by atoms with van der Waals surface area (Å²) in [5.74, 6) is -0.275. The minimum atomic E-state index is -0.953. The fourth-order valence-corrected chi connectivity index (χ4v) is 1.94. The smallest absolute Gasteiger partial charge is 0.253 e. The molecule has 2 rings (SSSR count). The number of aromatic nitrogens is 1. The molecule has 1 heterocycles. The van der Waals surface area contributed by atoms with Crippen LogP contribution >= 0.6 is 11.6 Å². The van der Waals surface area contributed by atoms with Crippen molar-refractivity contribution in [3.8, 4) is 0 Å². The maximum Gasteiger partial charge on any atom is 0.253 e. The molecule has 2 aromatic rings. The van der Waals surface area contributed by atoms with Crippen molar-refractivity contribution in [1.82, 2.24) is 10.3 Å². The fraction of sp³-hybridized carbons (Fsp3) is 0.286. The molecule has 0 atom stereocenters. The number of carbonyl (C=O) groups excluding carboxylic acids is 1. The lowest BCUT2D eigenvalue weighted by Crippen LogP contribution is -2.38. The zero-order valence-corrected chi connectivity index (χ0v) is 11.5. The number of amides is 1. The Hall–Kier alpha value is -1.65. The number of nitrogens with one attached hydrogen (secondary N) is 1. The predicted octanol–water partition coefficient (Wildman–Crippen LogP) is 2.39. The molecule has 19 heavy (non-hydrogen) atoms. The summed E-state index contributed by atoms with van der Waals surface area (Å²) in [5, 5.41) is 14.2. The first-order valence-electron chi connectivity index (χ1n) is 5.92. The molecule has 0 aliphatic heterocycles. The van der Waals surface area contributed by atoms with Gasteiger partial charge in [-0.3, -0.25) is 4.79 Å². The van der Waals surface area contributed by atoms with Crippen molar-refractivity contribution in [2.24, 2.45) is 0 Å². The van der Waals surface area contributed by atoms with Gasteiger partial charge in [-0.1, -0.05) is 35.9 Å². The van der Waals surface area contributed by atoms with Gasteiger partial charge < -0.3 is 10.4 Å². The van der Waals surface area contributed by atoms with Crippen molar-refractivity contribution >= 4 is 28.3 Å². The zero-order valence-electron chi connectivity index (χ0n) is 10.8. The lowest BCUT2D eigenvalue weighted by atomic mass is 10.1. The highest BCUT2D eigenvalue weighted by Gasteiger charge is 2.17. The van der Waals surface area contributed by atoms with E-state index in [2.05, 4.69) is 10.3 Å². The van der Waals surface area contributed by atoms with Crippen LogP contribution in [-0.4, -0.2) is 28.1 Å². The lowest BCUT2D eigenvalue weighted by Gasteiger charge is -2.18. The normalized spacial score (nSPS) is 11.6. The minimum absolute atomic E-state index is 0.169. The van der Waals surface area contributed by atoms with Crippen molar-refractivity contribution in [3.05, 3.63) is 41.2 Å². The standard InChI is InChI=1S/C14H15ClN2O2/c1-14(2,19)8-17-13(18)11-7-16-12(15)10-6-4-3-5-9(10)11/h3-7,19H,8H2,1-2H3,(H,17,18). The summed E-state index contributed by atoms with van der Waals surface area (Å²) < 4.78 is 0. The molecule has 4 nitrogen and oxygen atoms in total. The topological polar surface area (TPSA) is 62.2 Å². The second-order valence-electron chi connectivity index (χ2n) is 5.00. The molecule has 0 aliphatic carbocycles. The number of carbonyl (C=O) groups is 1. The van der Waals surface area contributed by atoms with Crippen molar-refractivity contribution in [1.29, 1.82) is 0 Å². The third-order valence-corrected chi connectivity index (χ3v) is 2.97. The van der Waals surface area contributed by atoms with Gasteiger partial charge in [0.2, 0.25) is 0 Å². The van der Waals surface area contributed by atoms with E-state index < -0.39 is 5.60 Å². The first-order chi connectivity index (χ1) is 8.88. The van der Waals surface area contributed by atoms with Gasteiger partial charge in [0.1, 0.15) is 5.15 Å². The monoisotopic (exact) mass is 278 g/mol. The number of nitrogens with zero attached hydrogens (tertiary/aromatic N) is 1. The van der Waals surface area contributed by atoms with Gasteiger partial charge in [0.25, 0.3) is 5.91 Å². The SMILES string of the molecule is CC(C)(O)CNC(=O)c1cnc(Cl)c2ccccc12. The quantitative estimate of drug-likeness (QED) is 0.848. The van der Waals surface area contributed by atoms with Gasteiger partial charge in [0.05, 0.1) is 11.2 Å². The zero-order chi connectivity index (χ0) is 14.0. The molecule has 5 heteroatoms. The first kappa shape index (κ1) is 13.8. The van der Waals surface area contributed by atoms with Crippen LogP contribution in [-0.2, 0) is 0 Å². The van der Waals surface area contributed by atoms with E-state index in [0.29, 0.717) is 10.7 Å². The van der Waals surface area contributed by atoms with E-state index in [4.69, 9.17) is 11.6 Å². The average molecular weight is 279 g/mol. The van der Waals surface area contributed by atoms with E-state index in [-0.39, 0.29) is 12.5 Å². The van der Waals surface area contributed by atoms with Crippen LogP contribution in [0.2, 0.25) is 5.15 Å². The molecule has 0 radical (unpaired) electrons. The van der Waals surface area contributed by atoms with Gasteiger partial charge in [0, 0.05) is 18.1 Å². The van der Waals surface area contributed by atoms with Crippen LogP contribution in [0.1, 0.15) is 24.2 Å². The molecular formula is C14H15ClN2O2. The highest BCUT2D eigenvalue weighted by atomic mass is 35.5. The number of pyridine rings is 1. The lowest BCUT2D eigenvalue weighted by molar-refractivity contribution is 0.0695. The molecule has 0 saturated carbocycles. The summed E-state index contributed by atoms with van der Waals surface area (Å²) in [6.07, 6.45) is 1.45. The Balaban J connectivity index is 2.35.